The van der Waals surface area contributed by atoms with E-state index in [4.69, 9.17) is 9.31 Å². The predicted molar refractivity (Wildman–Crippen MR) is 152 cm³/mol. The zero-order valence-electron chi connectivity index (χ0n) is 24.2. The number of nitrogens with zero attached hydrogens (tertiary/aromatic N) is 2. The molecule has 0 radical (unpaired) electrons. The third-order valence-electron chi connectivity index (χ3n) is 7.72. The number of piperazine rings is 1. The number of carbonyl (C=O) groups excluding carboxylic acids is 3. The van der Waals surface area contributed by atoms with E-state index in [9.17, 15) is 29.4 Å². The van der Waals surface area contributed by atoms with Gasteiger partial charge in [-0.2, -0.15) is 0 Å². The van der Waals surface area contributed by atoms with Crippen molar-refractivity contribution >= 4 is 30.9 Å². The van der Waals surface area contributed by atoms with Crippen molar-refractivity contribution in [3.63, 3.8) is 0 Å². The number of fused-ring (bicyclic) bond motifs is 1. The number of aliphatic hydroxyl groups is 1. The Balaban J connectivity index is 0.000000832. The minimum absolute atomic E-state index is 0.0146. The molecule has 2 aliphatic heterocycles. The van der Waals surface area contributed by atoms with Gasteiger partial charge in [-0.05, 0) is 37.3 Å². The first kappa shape index (κ1) is 31.9. The molecule has 1 aliphatic carbocycles. The van der Waals surface area contributed by atoms with Gasteiger partial charge in [0.15, 0.2) is 0 Å². The highest BCUT2D eigenvalue weighted by Gasteiger charge is 2.41. The van der Waals surface area contributed by atoms with E-state index in [0.717, 1.165) is 10.8 Å². The van der Waals surface area contributed by atoms with Crippen molar-refractivity contribution in [3.05, 3.63) is 41.6 Å². The standard InChI is InChI=1S/C23H31BN4O8.C5H10/c1-5-16(29)18(26-23(34)28-11-10-27(6-2)20(30)21(28)31)13(3)25-17-12-14-8-7-9-15(22(32)33)19(14)36-24(17)35-4;1-5-3-2-4-5/h7-9,16-18,25,29H,3,5-6,10-12H2,1-2,4H3,(H,26,34)(H,32,33);5H,2-4H2,1H3. The van der Waals surface area contributed by atoms with Crippen LogP contribution in [0.2, 0.25) is 0 Å². The molecule has 4 N–H and O–H groups in total. The van der Waals surface area contributed by atoms with Crippen molar-refractivity contribution in [2.45, 2.75) is 71.0 Å². The summed E-state index contributed by atoms with van der Waals surface area (Å²) in [7, 11) is 0.529. The number of likely N-dealkylation sites (N-methyl/N-ethyl adjacent to an activating group) is 1. The number of rotatable bonds is 9. The van der Waals surface area contributed by atoms with E-state index in [1.54, 1.807) is 26.0 Å². The van der Waals surface area contributed by atoms with Crippen LogP contribution < -0.4 is 15.3 Å². The second kappa shape index (κ2) is 14.4. The van der Waals surface area contributed by atoms with Crippen LogP contribution in [0.3, 0.4) is 0 Å². The molecule has 1 aromatic rings. The van der Waals surface area contributed by atoms with Gasteiger partial charge in [0.2, 0.25) is 0 Å². The summed E-state index contributed by atoms with van der Waals surface area (Å²) in [4.78, 5) is 51.2. The lowest BCUT2D eigenvalue weighted by atomic mass is 9.71. The Morgan fingerprint density at radius 2 is 1.90 bits per heavy atom. The summed E-state index contributed by atoms with van der Waals surface area (Å²) < 4.78 is 11.2. The fraction of sp³-hybridized carbons (Fsp3) is 0.571. The van der Waals surface area contributed by atoms with Crippen molar-refractivity contribution in [3.8, 4) is 5.75 Å². The summed E-state index contributed by atoms with van der Waals surface area (Å²) in [6.07, 6.45) is 4.00. The van der Waals surface area contributed by atoms with Gasteiger partial charge in [-0.1, -0.05) is 51.8 Å². The van der Waals surface area contributed by atoms with Crippen LogP contribution in [-0.4, -0.2) is 95.8 Å². The van der Waals surface area contributed by atoms with Crippen LogP contribution in [0.1, 0.15) is 62.4 Å². The normalized spacial score (nSPS) is 20.0. The summed E-state index contributed by atoms with van der Waals surface area (Å²) >= 11 is 0. The van der Waals surface area contributed by atoms with Gasteiger partial charge in [0.1, 0.15) is 5.75 Å². The molecule has 2 fully saturated rings. The highest BCUT2D eigenvalue weighted by Crippen LogP contribution is 2.31. The third kappa shape index (κ3) is 7.59. The number of imide groups is 1. The van der Waals surface area contributed by atoms with Crippen molar-refractivity contribution < 1.29 is 38.7 Å². The molecule has 2 heterocycles. The molecule has 224 valence electrons. The van der Waals surface area contributed by atoms with Crippen molar-refractivity contribution in [2.75, 3.05) is 26.7 Å². The van der Waals surface area contributed by atoms with Crippen LogP contribution in [0.4, 0.5) is 4.79 Å². The molecule has 0 bridgehead atoms. The first-order valence-electron chi connectivity index (χ1n) is 14.1. The summed E-state index contributed by atoms with van der Waals surface area (Å²) in [6, 6.07) is 2.98. The highest BCUT2D eigenvalue weighted by molar-refractivity contribution is 6.48. The van der Waals surface area contributed by atoms with Crippen molar-refractivity contribution in [1.29, 1.82) is 0 Å². The number of aliphatic hydroxyl groups excluding tert-OH is 1. The lowest BCUT2D eigenvalue weighted by Gasteiger charge is -2.36. The maximum absolute atomic E-state index is 12.9. The summed E-state index contributed by atoms with van der Waals surface area (Å²) in [5, 5.41) is 25.8. The van der Waals surface area contributed by atoms with E-state index < -0.39 is 49.0 Å². The van der Waals surface area contributed by atoms with Gasteiger partial charge < -0.3 is 35.1 Å². The summed E-state index contributed by atoms with van der Waals surface area (Å²) in [5.41, 5.74) is 0.890. The van der Waals surface area contributed by atoms with E-state index in [2.05, 4.69) is 24.1 Å². The van der Waals surface area contributed by atoms with E-state index in [-0.39, 0.29) is 36.5 Å². The summed E-state index contributed by atoms with van der Waals surface area (Å²) in [6.45, 7) is 10.4. The highest BCUT2D eigenvalue weighted by atomic mass is 16.6. The average Bonchev–Trinajstić information content (AvgIpc) is 2.94. The van der Waals surface area contributed by atoms with Crippen LogP contribution in [0.5, 0.6) is 5.75 Å². The SMILES string of the molecule is C=C(NC1Cc2cccc(C(=O)O)c2OB1OC)C(NC(=O)N1CCN(CC)C(=O)C1=O)C(O)CC.CC1CCC1. The molecule has 41 heavy (non-hydrogen) atoms. The van der Waals surface area contributed by atoms with Gasteiger partial charge in [0.25, 0.3) is 0 Å². The molecule has 1 saturated carbocycles. The smallest absolute Gasteiger partial charge is 0.534 e. The molecule has 3 unspecified atom stereocenters. The Hall–Kier alpha value is -3.58. The number of para-hydroxylation sites is 1. The summed E-state index contributed by atoms with van der Waals surface area (Å²) in [5.74, 6) is -2.07. The van der Waals surface area contributed by atoms with Gasteiger partial charge in [-0.25, -0.2) is 9.59 Å². The first-order valence-corrected chi connectivity index (χ1v) is 14.1. The van der Waals surface area contributed by atoms with Crippen molar-refractivity contribution in [2.24, 2.45) is 5.92 Å². The van der Waals surface area contributed by atoms with Crippen molar-refractivity contribution in [1.82, 2.24) is 20.4 Å². The largest absolute Gasteiger partial charge is 0.549 e. The Kier molecular flexibility index (Phi) is 11.2. The number of urea groups is 1. The number of benzene rings is 1. The Morgan fingerprint density at radius 3 is 2.44 bits per heavy atom. The predicted octanol–water partition coefficient (Wildman–Crippen LogP) is 1.81. The molecule has 0 aromatic heterocycles. The Bertz CT molecular complexity index is 1140. The molecular formula is C28H41BN4O8. The molecule has 0 spiro atoms. The average molecular weight is 572 g/mol. The quantitative estimate of drug-likeness (QED) is 0.256. The second-order valence-electron chi connectivity index (χ2n) is 10.6. The van der Waals surface area contributed by atoms with Gasteiger partial charge in [0, 0.05) is 32.4 Å². The molecule has 4 rings (SSSR count). The minimum atomic E-state index is -1.13. The lowest BCUT2D eigenvalue weighted by Crippen LogP contribution is -2.61. The molecule has 1 saturated heterocycles. The molecule has 3 aliphatic rings. The monoisotopic (exact) mass is 572 g/mol. The number of hydrogen-bond acceptors (Lipinski definition) is 8. The topological polar surface area (TPSA) is 158 Å². The lowest BCUT2D eigenvalue weighted by molar-refractivity contribution is -0.153. The molecule has 13 heteroatoms. The van der Waals surface area contributed by atoms with E-state index in [0.29, 0.717) is 18.5 Å². The van der Waals surface area contributed by atoms with E-state index in [1.165, 1.54) is 37.3 Å². The maximum atomic E-state index is 12.9. The van der Waals surface area contributed by atoms with Crippen LogP contribution in [-0.2, 0) is 20.7 Å². The van der Waals surface area contributed by atoms with Gasteiger partial charge in [0.05, 0.1) is 23.7 Å². The Morgan fingerprint density at radius 1 is 1.22 bits per heavy atom. The number of carbonyl (C=O) groups is 4. The number of carboxylic acids is 1. The fourth-order valence-corrected chi connectivity index (χ4v) is 4.89. The van der Waals surface area contributed by atoms with Gasteiger partial charge >= 0.3 is 30.9 Å². The first-order chi connectivity index (χ1) is 19.5. The molecule has 4 amide bonds. The van der Waals surface area contributed by atoms with E-state index >= 15 is 0 Å². The van der Waals surface area contributed by atoms with Gasteiger partial charge in [-0.15, -0.1) is 0 Å². The number of aromatic carboxylic acids is 1. The van der Waals surface area contributed by atoms with E-state index in [1.807, 2.05) is 0 Å². The number of amides is 4. The van der Waals surface area contributed by atoms with Gasteiger partial charge in [-0.3, -0.25) is 14.5 Å². The molecular weight excluding hydrogens is 531 g/mol. The van der Waals surface area contributed by atoms with Crippen LogP contribution in [0.15, 0.2) is 30.5 Å². The number of nitrogens with one attached hydrogen (secondary N) is 2. The number of carboxylic acid groups (broad SMARTS) is 1. The third-order valence-corrected chi connectivity index (χ3v) is 7.72. The van der Waals surface area contributed by atoms with Crippen LogP contribution in [0, 0.1) is 5.92 Å². The molecule has 1 aromatic carbocycles. The Labute approximate surface area is 241 Å². The maximum Gasteiger partial charge on any atom is 0.549 e. The van der Waals surface area contributed by atoms with Crippen LogP contribution >= 0.6 is 0 Å². The molecule has 12 nitrogen and oxygen atoms in total. The van der Waals surface area contributed by atoms with Crippen LogP contribution in [0.25, 0.3) is 0 Å². The number of hydrogen-bond donors (Lipinski definition) is 4. The second-order valence-corrected chi connectivity index (χ2v) is 10.6. The molecule has 3 atom stereocenters. The zero-order chi connectivity index (χ0) is 30.3. The fourth-order valence-electron chi connectivity index (χ4n) is 4.89. The minimum Gasteiger partial charge on any atom is -0.534 e. The zero-order valence-corrected chi connectivity index (χ0v) is 24.2.